The molecule has 0 unspecified atom stereocenters. The van der Waals surface area contributed by atoms with Crippen molar-refractivity contribution < 1.29 is 5.11 Å². The van der Waals surface area contributed by atoms with Crippen LogP contribution in [0.25, 0.3) is 0 Å². The van der Waals surface area contributed by atoms with Gasteiger partial charge in [0, 0.05) is 13.1 Å². The van der Waals surface area contributed by atoms with Gasteiger partial charge in [0.1, 0.15) is 0 Å². The second-order valence-corrected chi connectivity index (χ2v) is 1.90. The number of nitrogens with one attached hydrogen (secondary N) is 2. The van der Waals surface area contributed by atoms with Gasteiger partial charge < -0.3 is 10.6 Å². The maximum atomic E-state index is 9.89. The van der Waals surface area contributed by atoms with Crippen molar-refractivity contribution in [3.8, 4) is 0 Å². The molecule has 0 aliphatic heterocycles. The molecular weight excluding hydrogens is 136 g/mol. The molecule has 53 valence electrons. The first-order chi connectivity index (χ1) is 4.31. The van der Waals surface area contributed by atoms with Crippen molar-refractivity contribution in [2.75, 3.05) is 19.7 Å². The molecule has 0 aromatic rings. The summed E-state index contributed by atoms with van der Waals surface area (Å²) in [6.45, 7) is 3.02. The molecule has 0 saturated heterocycles. The van der Waals surface area contributed by atoms with Gasteiger partial charge in [-0.3, -0.25) is 0 Å². The predicted octanol–water partition coefficient (Wildman–Crippen LogP) is -0.0991. The summed E-state index contributed by atoms with van der Waals surface area (Å²) in [5, 5.41) is 16.1. The minimum Gasteiger partial charge on any atom is -0.363 e. The summed E-state index contributed by atoms with van der Waals surface area (Å²) in [4.78, 5) is 0. The lowest BCUT2D eigenvalue weighted by molar-refractivity contribution is 0.199. The lowest BCUT2D eigenvalue weighted by Crippen LogP contribution is -2.36. The van der Waals surface area contributed by atoms with Crippen molar-refractivity contribution in [1.82, 2.24) is 10.6 Å². The SMILES string of the molecule is CCNC(=S)NCC[O]. The summed E-state index contributed by atoms with van der Waals surface area (Å²) in [5.74, 6) is 0. The highest BCUT2D eigenvalue weighted by molar-refractivity contribution is 7.80. The highest BCUT2D eigenvalue weighted by Gasteiger charge is 1.88. The van der Waals surface area contributed by atoms with E-state index in [9.17, 15) is 5.11 Å². The molecule has 4 heteroatoms. The zero-order valence-electron chi connectivity index (χ0n) is 5.44. The van der Waals surface area contributed by atoms with E-state index < -0.39 is 0 Å². The Morgan fingerprint density at radius 3 is 2.67 bits per heavy atom. The van der Waals surface area contributed by atoms with E-state index in [0.717, 1.165) is 6.54 Å². The van der Waals surface area contributed by atoms with Gasteiger partial charge in [0.15, 0.2) is 5.11 Å². The lowest BCUT2D eigenvalue weighted by Gasteiger charge is -2.04. The van der Waals surface area contributed by atoms with Gasteiger partial charge in [-0.2, -0.15) is 0 Å². The van der Waals surface area contributed by atoms with Gasteiger partial charge >= 0.3 is 0 Å². The van der Waals surface area contributed by atoms with Crippen LogP contribution in [0.1, 0.15) is 6.92 Å². The Balaban J connectivity index is 3.06. The fourth-order valence-corrected chi connectivity index (χ4v) is 0.634. The zero-order chi connectivity index (χ0) is 7.11. The fraction of sp³-hybridized carbons (Fsp3) is 0.800. The summed E-state index contributed by atoms with van der Waals surface area (Å²) >= 11 is 4.76. The van der Waals surface area contributed by atoms with Crippen molar-refractivity contribution in [2.45, 2.75) is 6.92 Å². The van der Waals surface area contributed by atoms with Gasteiger partial charge in [-0.25, -0.2) is 5.11 Å². The summed E-state index contributed by atoms with van der Waals surface area (Å²) in [6.07, 6.45) is 0. The smallest absolute Gasteiger partial charge is 0.166 e. The van der Waals surface area contributed by atoms with Crippen LogP contribution in [0.5, 0.6) is 0 Å². The van der Waals surface area contributed by atoms with Crippen molar-refractivity contribution >= 4 is 17.3 Å². The summed E-state index contributed by atoms with van der Waals surface area (Å²) < 4.78 is 0. The maximum absolute atomic E-state index is 9.89. The van der Waals surface area contributed by atoms with Crippen LogP contribution in [0.2, 0.25) is 0 Å². The van der Waals surface area contributed by atoms with E-state index in [-0.39, 0.29) is 6.61 Å². The van der Waals surface area contributed by atoms with Crippen LogP contribution in [-0.4, -0.2) is 24.8 Å². The first kappa shape index (κ1) is 8.65. The average Bonchev–Trinajstić information content (AvgIpc) is 1.85. The van der Waals surface area contributed by atoms with Gasteiger partial charge in [-0.15, -0.1) is 0 Å². The van der Waals surface area contributed by atoms with E-state index in [2.05, 4.69) is 10.6 Å². The van der Waals surface area contributed by atoms with E-state index in [1.807, 2.05) is 6.92 Å². The monoisotopic (exact) mass is 147 g/mol. The number of rotatable bonds is 3. The quantitative estimate of drug-likeness (QED) is 0.548. The highest BCUT2D eigenvalue weighted by Crippen LogP contribution is 1.64. The molecule has 0 aliphatic carbocycles. The third-order valence-corrected chi connectivity index (χ3v) is 1.01. The molecule has 0 atom stereocenters. The van der Waals surface area contributed by atoms with Gasteiger partial charge in [0.2, 0.25) is 0 Å². The van der Waals surface area contributed by atoms with Crippen molar-refractivity contribution in [2.24, 2.45) is 0 Å². The maximum Gasteiger partial charge on any atom is 0.166 e. The first-order valence-corrected chi connectivity index (χ1v) is 3.32. The molecule has 0 bridgehead atoms. The molecule has 0 aromatic carbocycles. The Morgan fingerprint density at radius 1 is 1.56 bits per heavy atom. The van der Waals surface area contributed by atoms with Crippen LogP contribution < -0.4 is 10.6 Å². The zero-order valence-corrected chi connectivity index (χ0v) is 6.25. The molecule has 0 aromatic heterocycles. The van der Waals surface area contributed by atoms with Crippen molar-refractivity contribution in [1.29, 1.82) is 0 Å². The minimum atomic E-state index is -0.133. The van der Waals surface area contributed by atoms with Crippen LogP contribution in [0.3, 0.4) is 0 Å². The topological polar surface area (TPSA) is 44.0 Å². The number of hydrogen-bond acceptors (Lipinski definition) is 1. The van der Waals surface area contributed by atoms with E-state index in [0.29, 0.717) is 11.7 Å². The molecule has 1 radical (unpaired) electrons. The Morgan fingerprint density at radius 2 is 2.22 bits per heavy atom. The fourth-order valence-electron chi connectivity index (χ4n) is 0.388. The van der Waals surface area contributed by atoms with Gasteiger partial charge in [-0.05, 0) is 19.1 Å². The van der Waals surface area contributed by atoms with E-state index in [1.54, 1.807) is 0 Å². The molecule has 9 heavy (non-hydrogen) atoms. The van der Waals surface area contributed by atoms with Crippen molar-refractivity contribution in [3.05, 3.63) is 0 Å². The molecule has 0 aliphatic rings. The molecule has 3 nitrogen and oxygen atoms in total. The second kappa shape index (κ2) is 5.78. The molecule has 0 spiro atoms. The Labute approximate surface area is 60.5 Å². The molecule has 0 saturated carbocycles. The van der Waals surface area contributed by atoms with Crippen LogP contribution in [0.4, 0.5) is 0 Å². The molecule has 2 N–H and O–H groups in total. The molecular formula is C5H11N2OS. The van der Waals surface area contributed by atoms with E-state index in [4.69, 9.17) is 12.2 Å². The van der Waals surface area contributed by atoms with E-state index >= 15 is 0 Å². The van der Waals surface area contributed by atoms with Crippen LogP contribution in [0.15, 0.2) is 0 Å². The number of hydrogen-bond donors (Lipinski definition) is 2. The van der Waals surface area contributed by atoms with Crippen LogP contribution in [0, 0.1) is 0 Å². The Bertz CT molecular complexity index is 87.0. The number of thiocarbonyl (C=S) groups is 1. The first-order valence-electron chi connectivity index (χ1n) is 2.91. The summed E-state index contributed by atoms with van der Waals surface area (Å²) in [5.41, 5.74) is 0. The highest BCUT2D eigenvalue weighted by atomic mass is 32.1. The second-order valence-electron chi connectivity index (χ2n) is 1.49. The van der Waals surface area contributed by atoms with Gasteiger partial charge in [-0.1, -0.05) is 0 Å². The summed E-state index contributed by atoms with van der Waals surface area (Å²) in [6, 6.07) is 0. The standard InChI is InChI=1S/C5H11N2OS/c1-2-6-5(9)7-3-4-8/h2-4H2,1H3,(H2,6,7,9). The third-order valence-electron chi connectivity index (χ3n) is 0.725. The van der Waals surface area contributed by atoms with Gasteiger partial charge in [0.05, 0.1) is 6.61 Å². The molecule has 0 amide bonds. The Hall–Kier alpha value is -0.350. The predicted molar refractivity (Wildman–Crippen MR) is 39.8 cm³/mol. The molecule has 0 heterocycles. The third kappa shape index (κ3) is 5.52. The largest absolute Gasteiger partial charge is 0.363 e. The van der Waals surface area contributed by atoms with Crippen LogP contribution >= 0.6 is 12.2 Å². The molecule has 0 fully saturated rings. The minimum absolute atomic E-state index is 0.133. The van der Waals surface area contributed by atoms with E-state index in [1.165, 1.54) is 0 Å². The summed E-state index contributed by atoms with van der Waals surface area (Å²) in [7, 11) is 0. The molecule has 0 rings (SSSR count). The van der Waals surface area contributed by atoms with Crippen molar-refractivity contribution in [3.63, 3.8) is 0 Å². The average molecular weight is 147 g/mol. The van der Waals surface area contributed by atoms with Crippen LogP contribution in [-0.2, 0) is 5.11 Å². The normalized spacial score (nSPS) is 8.67. The van der Waals surface area contributed by atoms with Gasteiger partial charge in [0.25, 0.3) is 0 Å². The Kier molecular flexibility index (Phi) is 5.56. The lowest BCUT2D eigenvalue weighted by atomic mass is 10.7.